The predicted molar refractivity (Wildman–Crippen MR) is 109 cm³/mol. The number of alkyl halides is 6. The second kappa shape index (κ2) is 12.5. The first kappa shape index (κ1) is 30.2. The zero-order valence-corrected chi connectivity index (χ0v) is 18.3. The van der Waals surface area contributed by atoms with Gasteiger partial charge in [0.15, 0.2) is 0 Å². The van der Waals surface area contributed by atoms with Crippen LogP contribution in [0.3, 0.4) is 0 Å². The van der Waals surface area contributed by atoms with Crippen LogP contribution in [0.25, 0.3) is 11.1 Å². The largest absolute Gasteiger partial charge is 0.495 e. The maximum absolute atomic E-state index is 12.2. The Balaban J connectivity index is 0.000000642. The molecule has 0 aromatic heterocycles. The lowest BCUT2D eigenvalue weighted by Gasteiger charge is -2.17. The summed E-state index contributed by atoms with van der Waals surface area (Å²) in [5.74, 6) is -4.95. The third kappa shape index (κ3) is 9.38. The molecule has 7 nitrogen and oxygen atoms in total. The standard InChI is InChI=1S/C17H19NO2.2C2HF3O2/c1-12-8-5-6-9-13(12)14-10-7-11-15(16(14)20-4)17(19)18(2)3;2*3-2(4,5)1(6)7/h5-11H,1-4H3;2*(H,6,7). The van der Waals surface area contributed by atoms with Gasteiger partial charge in [-0.2, -0.15) is 26.3 Å². The minimum absolute atomic E-state index is 0.0581. The molecule has 0 aliphatic heterocycles. The summed E-state index contributed by atoms with van der Waals surface area (Å²) in [6, 6.07) is 13.7. The number of hydrogen-bond acceptors (Lipinski definition) is 4. The van der Waals surface area contributed by atoms with Crippen molar-refractivity contribution in [2.45, 2.75) is 19.3 Å². The van der Waals surface area contributed by atoms with Crippen molar-refractivity contribution in [3.8, 4) is 16.9 Å². The van der Waals surface area contributed by atoms with Crippen LogP contribution in [0.2, 0.25) is 0 Å². The number of amides is 1. The minimum atomic E-state index is -5.08. The van der Waals surface area contributed by atoms with E-state index in [0.29, 0.717) is 11.3 Å². The first-order chi connectivity index (χ1) is 15.4. The molecule has 0 bridgehead atoms. The highest BCUT2D eigenvalue weighted by Gasteiger charge is 2.38. The topological polar surface area (TPSA) is 104 Å². The molecule has 2 aromatic rings. The second-order valence-corrected chi connectivity index (χ2v) is 6.51. The number of nitrogens with zero attached hydrogens (tertiary/aromatic N) is 1. The Bertz CT molecular complexity index is 978. The van der Waals surface area contributed by atoms with E-state index in [1.807, 2.05) is 30.3 Å². The maximum atomic E-state index is 12.2. The molecule has 0 saturated carbocycles. The SMILES string of the molecule is COc1c(C(=O)N(C)C)cccc1-c1ccccc1C.O=C(O)C(F)(F)F.O=C(O)C(F)(F)F. The van der Waals surface area contributed by atoms with E-state index in [9.17, 15) is 31.1 Å². The average Bonchev–Trinajstić information content (AvgIpc) is 2.72. The number of ether oxygens (including phenoxy) is 1. The normalized spacial score (nSPS) is 10.6. The Morgan fingerprint density at radius 3 is 1.56 bits per heavy atom. The fraction of sp³-hybridized carbons (Fsp3) is 0.286. The molecule has 0 unspecified atom stereocenters. The first-order valence-corrected chi connectivity index (χ1v) is 9.00. The summed E-state index contributed by atoms with van der Waals surface area (Å²) in [5, 5.41) is 14.2. The van der Waals surface area contributed by atoms with Gasteiger partial charge in [0.25, 0.3) is 5.91 Å². The molecule has 1 amide bonds. The van der Waals surface area contributed by atoms with E-state index in [-0.39, 0.29) is 5.91 Å². The quantitative estimate of drug-likeness (QED) is 0.599. The minimum Gasteiger partial charge on any atom is -0.495 e. The van der Waals surface area contributed by atoms with Crippen molar-refractivity contribution in [1.29, 1.82) is 0 Å². The van der Waals surface area contributed by atoms with Crippen molar-refractivity contribution >= 4 is 17.8 Å². The molecule has 0 fully saturated rings. The summed E-state index contributed by atoms with van der Waals surface area (Å²) in [7, 11) is 5.08. The number of carboxylic acid groups (broad SMARTS) is 2. The highest BCUT2D eigenvalue weighted by molar-refractivity contribution is 5.99. The van der Waals surface area contributed by atoms with Gasteiger partial charge in [-0.15, -0.1) is 0 Å². The van der Waals surface area contributed by atoms with E-state index in [1.165, 1.54) is 0 Å². The lowest BCUT2D eigenvalue weighted by molar-refractivity contribution is -0.193. The van der Waals surface area contributed by atoms with Crippen molar-refractivity contribution in [2.75, 3.05) is 21.2 Å². The van der Waals surface area contributed by atoms with Crippen molar-refractivity contribution in [1.82, 2.24) is 4.90 Å². The molecule has 0 radical (unpaired) electrons. The van der Waals surface area contributed by atoms with Gasteiger partial charge in [0, 0.05) is 19.7 Å². The van der Waals surface area contributed by atoms with Crippen LogP contribution in [0.15, 0.2) is 42.5 Å². The fourth-order valence-electron chi connectivity index (χ4n) is 2.25. The van der Waals surface area contributed by atoms with Gasteiger partial charge < -0.3 is 19.8 Å². The van der Waals surface area contributed by atoms with E-state index >= 15 is 0 Å². The molecule has 188 valence electrons. The smallest absolute Gasteiger partial charge is 0.490 e. The van der Waals surface area contributed by atoms with Crippen molar-refractivity contribution < 1.29 is 55.7 Å². The van der Waals surface area contributed by atoms with E-state index in [2.05, 4.69) is 13.0 Å². The van der Waals surface area contributed by atoms with Crippen molar-refractivity contribution in [2.24, 2.45) is 0 Å². The van der Waals surface area contributed by atoms with Crippen LogP contribution in [0.4, 0.5) is 26.3 Å². The second-order valence-electron chi connectivity index (χ2n) is 6.51. The summed E-state index contributed by atoms with van der Waals surface area (Å²) in [5.41, 5.74) is 3.76. The molecule has 2 aromatic carbocycles. The number of halogens is 6. The van der Waals surface area contributed by atoms with Crippen LogP contribution in [-0.4, -0.2) is 66.5 Å². The molecule has 0 saturated heterocycles. The zero-order valence-electron chi connectivity index (χ0n) is 18.3. The summed E-state index contributed by atoms with van der Waals surface area (Å²) < 4.78 is 69.0. The lowest BCUT2D eigenvalue weighted by Crippen LogP contribution is -2.22. The predicted octanol–water partition coefficient (Wildman–Crippen LogP) is 4.64. The van der Waals surface area contributed by atoms with Crippen LogP contribution >= 0.6 is 0 Å². The molecule has 0 atom stereocenters. The number of hydrogen-bond donors (Lipinski definition) is 2. The Morgan fingerprint density at radius 1 is 0.794 bits per heavy atom. The van der Waals surface area contributed by atoms with E-state index in [4.69, 9.17) is 24.5 Å². The van der Waals surface area contributed by atoms with Gasteiger partial charge in [-0.25, -0.2) is 9.59 Å². The Kier molecular flexibility index (Phi) is 11.1. The Hall–Kier alpha value is -3.77. The summed E-state index contributed by atoms with van der Waals surface area (Å²) in [6.07, 6.45) is -10.2. The van der Waals surface area contributed by atoms with E-state index < -0.39 is 24.3 Å². The molecule has 2 N–H and O–H groups in total. The monoisotopic (exact) mass is 497 g/mol. The number of benzene rings is 2. The molecule has 0 aliphatic rings. The van der Waals surface area contributed by atoms with Crippen LogP contribution < -0.4 is 4.74 Å². The van der Waals surface area contributed by atoms with Gasteiger partial charge in [0.1, 0.15) is 5.75 Å². The van der Waals surface area contributed by atoms with E-state index in [1.54, 1.807) is 32.2 Å². The molecule has 34 heavy (non-hydrogen) atoms. The van der Waals surface area contributed by atoms with Crippen molar-refractivity contribution in [3.63, 3.8) is 0 Å². The number of aryl methyl sites for hydroxylation is 1. The summed E-state index contributed by atoms with van der Waals surface area (Å²) in [4.78, 5) is 31.6. The highest BCUT2D eigenvalue weighted by Crippen LogP contribution is 2.35. The molecule has 0 heterocycles. The number of carbonyl (C=O) groups is 3. The van der Waals surface area contributed by atoms with Gasteiger partial charge in [-0.3, -0.25) is 4.79 Å². The molecular formula is C21H21F6NO6. The third-order valence-electron chi connectivity index (χ3n) is 3.78. The highest BCUT2D eigenvalue weighted by atomic mass is 19.4. The average molecular weight is 497 g/mol. The molecule has 0 aliphatic carbocycles. The molecular weight excluding hydrogens is 476 g/mol. The molecule has 2 rings (SSSR count). The number of aliphatic carboxylic acids is 2. The van der Waals surface area contributed by atoms with Crippen LogP contribution in [0.5, 0.6) is 5.75 Å². The van der Waals surface area contributed by atoms with Gasteiger partial charge in [0.2, 0.25) is 0 Å². The number of para-hydroxylation sites is 1. The molecule has 0 spiro atoms. The maximum Gasteiger partial charge on any atom is 0.490 e. The van der Waals surface area contributed by atoms with Gasteiger partial charge in [0.05, 0.1) is 12.7 Å². The van der Waals surface area contributed by atoms with Gasteiger partial charge in [-0.1, -0.05) is 36.4 Å². The number of carboxylic acids is 2. The number of carbonyl (C=O) groups excluding carboxylic acids is 1. The van der Waals surface area contributed by atoms with E-state index in [0.717, 1.165) is 16.7 Å². The van der Waals surface area contributed by atoms with Gasteiger partial charge in [-0.05, 0) is 24.1 Å². The number of methoxy groups -OCH3 is 1. The Labute approximate surface area is 190 Å². The zero-order chi connectivity index (χ0) is 26.9. The number of rotatable bonds is 3. The lowest BCUT2D eigenvalue weighted by atomic mass is 9.97. The van der Waals surface area contributed by atoms with Crippen molar-refractivity contribution in [3.05, 3.63) is 53.6 Å². The fourth-order valence-corrected chi connectivity index (χ4v) is 2.25. The first-order valence-electron chi connectivity index (χ1n) is 9.00. The van der Waals surface area contributed by atoms with Crippen LogP contribution in [0.1, 0.15) is 15.9 Å². The van der Waals surface area contributed by atoms with Crippen LogP contribution in [-0.2, 0) is 9.59 Å². The molecule has 13 heteroatoms. The third-order valence-corrected chi connectivity index (χ3v) is 3.78. The summed E-state index contributed by atoms with van der Waals surface area (Å²) >= 11 is 0. The van der Waals surface area contributed by atoms with Gasteiger partial charge >= 0.3 is 24.3 Å². The van der Waals surface area contributed by atoms with Crippen LogP contribution in [0, 0.1) is 6.92 Å². The summed E-state index contributed by atoms with van der Waals surface area (Å²) in [6.45, 7) is 2.05. The Morgan fingerprint density at radius 2 is 1.21 bits per heavy atom.